The maximum atomic E-state index is 11.8. The Morgan fingerprint density at radius 1 is 1.05 bits per heavy atom. The lowest BCUT2D eigenvalue weighted by molar-refractivity contribution is -0.119. The van der Waals surface area contributed by atoms with Gasteiger partial charge in [-0.3, -0.25) is 14.5 Å². The molecule has 22 heavy (non-hydrogen) atoms. The Hall–Kier alpha value is -1.88. The zero-order chi connectivity index (χ0) is 15.8. The van der Waals surface area contributed by atoms with Crippen molar-refractivity contribution in [3.63, 3.8) is 0 Å². The number of benzene rings is 1. The van der Waals surface area contributed by atoms with Crippen LogP contribution in [0.2, 0.25) is 0 Å². The van der Waals surface area contributed by atoms with Crippen LogP contribution in [0.5, 0.6) is 0 Å². The molecule has 2 rings (SSSR count). The Morgan fingerprint density at radius 2 is 1.68 bits per heavy atom. The van der Waals surface area contributed by atoms with E-state index in [0.29, 0.717) is 25.7 Å². The predicted molar refractivity (Wildman–Crippen MR) is 87.2 cm³/mol. The van der Waals surface area contributed by atoms with Crippen molar-refractivity contribution in [2.45, 2.75) is 45.1 Å². The molecule has 1 fully saturated rings. The van der Waals surface area contributed by atoms with Crippen molar-refractivity contribution in [1.29, 1.82) is 0 Å². The van der Waals surface area contributed by atoms with E-state index in [2.05, 4.69) is 22.3 Å². The zero-order valence-corrected chi connectivity index (χ0v) is 13.0. The molecular formula is C17H25N3O2. The second kappa shape index (κ2) is 8.54. The Bertz CT molecular complexity index is 493. The third-order valence-corrected chi connectivity index (χ3v) is 3.92. The van der Waals surface area contributed by atoms with Crippen LogP contribution in [0.3, 0.4) is 0 Å². The summed E-state index contributed by atoms with van der Waals surface area (Å²) in [5.41, 5.74) is 7.17. The van der Waals surface area contributed by atoms with Gasteiger partial charge in [0.15, 0.2) is 0 Å². The summed E-state index contributed by atoms with van der Waals surface area (Å²) in [6.45, 7) is 3.36. The van der Waals surface area contributed by atoms with E-state index in [1.54, 1.807) is 0 Å². The molecule has 1 heterocycles. The van der Waals surface area contributed by atoms with Crippen LogP contribution in [-0.4, -0.2) is 29.8 Å². The van der Waals surface area contributed by atoms with Gasteiger partial charge >= 0.3 is 0 Å². The van der Waals surface area contributed by atoms with Gasteiger partial charge in [0.2, 0.25) is 11.8 Å². The minimum absolute atomic E-state index is 0.0169. The molecule has 1 aromatic rings. The number of nitrogens with zero attached hydrogens (tertiary/aromatic N) is 1. The van der Waals surface area contributed by atoms with E-state index < -0.39 is 0 Å². The molecule has 0 radical (unpaired) electrons. The number of primary amides is 1. The number of unbranched alkanes of at least 4 members (excludes halogenated alkanes) is 1. The van der Waals surface area contributed by atoms with Gasteiger partial charge in [-0.15, -0.1) is 0 Å². The lowest BCUT2D eigenvalue weighted by Crippen LogP contribution is -2.18. The Labute approximate surface area is 131 Å². The molecular weight excluding hydrogens is 278 g/mol. The molecule has 5 heteroatoms. The zero-order valence-electron chi connectivity index (χ0n) is 13.0. The first-order valence-electron chi connectivity index (χ1n) is 8.03. The first-order valence-corrected chi connectivity index (χ1v) is 8.03. The molecule has 2 amide bonds. The number of hydrogen-bond donors (Lipinski definition) is 2. The molecule has 0 atom stereocenters. The summed E-state index contributed by atoms with van der Waals surface area (Å²) in [5.74, 6) is -0.328. The van der Waals surface area contributed by atoms with E-state index in [0.717, 1.165) is 12.2 Å². The van der Waals surface area contributed by atoms with Crippen LogP contribution in [-0.2, 0) is 16.1 Å². The van der Waals surface area contributed by atoms with E-state index in [1.165, 1.54) is 31.5 Å². The average Bonchev–Trinajstić information content (AvgIpc) is 2.98. The van der Waals surface area contributed by atoms with Gasteiger partial charge in [0, 0.05) is 25.1 Å². The Morgan fingerprint density at radius 3 is 2.32 bits per heavy atom. The lowest BCUT2D eigenvalue weighted by Gasteiger charge is -2.14. The first kappa shape index (κ1) is 16.5. The normalized spacial score (nSPS) is 14.9. The van der Waals surface area contributed by atoms with Gasteiger partial charge in [-0.2, -0.15) is 0 Å². The summed E-state index contributed by atoms with van der Waals surface area (Å²) >= 11 is 0. The fourth-order valence-electron chi connectivity index (χ4n) is 2.70. The van der Waals surface area contributed by atoms with Gasteiger partial charge < -0.3 is 11.1 Å². The molecule has 1 saturated heterocycles. The minimum Gasteiger partial charge on any atom is -0.370 e. The van der Waals surface area contributed by atoms with Gasteiger partial charge in [-0.1, -0.05) is 12.1 Å². The molecule has 120 valence electrons. The number of hydrogen-bond acceptors (Lipinski definition) is 3. The van der Waals surface area contributed by atoms with Crippen LogP contribution in [0, 0.1) is 0 Å². The molecule has 5 nitrogen and oxygen atoms in total. The molecule has 1 aromatic carbocycles. The summed E-state index contributed by atoms with van der Waals surface area (Å²) in [6, 6.07) is 8.04. The van der Waals surface area contributed by atoms with Crippen LogP contribution in [0.15, 0.2) is 24.3 Å². The van der Waals surface area contributed by atoms with Crippen molar-refractivity contribution in [3.8, 4) is 0 Å². The number of nitrogens with one attached hydrogen (secondary N) is 1. The van der Waals surface area contributed by atoms with Crippen molar-refractivity contribution < 1.29 is 9.59 Å². The van der Waals surface area contributed by atoms with E-state index in [1.807, 2.05) is 12.1 Å². The molecule has 1 aliphatic rings. The quantitative estimate of drug-likeness (QED) is 0.723. The van der Waals surface area contributed by atoms with Gasteiger partial charge in [-0.05, 0) is 56.5 Å². The van der Waals surface area contributed by atoms with E-state index in [9.17, 15) is 9.59 Å². The Balaban J connectivity index is 1.70. The second-order valence-corrected chi connectivity index (χ2v) is 5.90. The average molecular weight is 303 g/mol. The maximum absolute atomic E-state index is 11.8. The van der Waals surface area contributed by atoms with Crippen molar-refractivity contribution in [3.05, 3.63) is 29.8 Å². The maximum Gasteiger partial charge on any atom is 0.224 e. The molecule has 1 aliphatic heterocycles. The highest BCUT2D eigenvalue weighted by molar-refractivity contribution is 5.90. The molecule has 0 aliphatic carbocycles. The number of nitrogens with two attached hydrogens (primary N) is 1. The molecule has 0 aromatic heterocycles. The second-order valence-electron chi connectivity index (χ2n) is 5.90. The summed E-state index contributed by atoms with van der Waals surface area (Å²) in [5, 5.41) is 2.88. The first-order chi connectivity index (χ1) is 10.6. The minimum atomic E-state index is -0.311. The molecule has 3 N–H and O–H groups in total. The number of carbonyl (C=O) groups excluding carboxylic acids is 2. The topological polar surface area (TPSA) is 75.4 Å². The summed E-state index contributed by atoms with van der Waals surface area (Å²) in [4.78, 5) is 24.8. The van der Waals surface area contributed by atoms with Crippen molar-refractivity contribution in [1.82, 2.24) is 4.90 Å². The monoisotopic (exact) mass is 303 g/mol. The van der Waals surface area contributed by atoms with Crippen LogP contribution in [0.1, 0.15) is 44.1 Å². The fourth-order valence-corrected chi connectivity index (χ4v) is 2.70. The van der Waals surface area contributed by atoms with Crippen LogP contribution < -0.4 is 11.1 Å². The van der Waals surface area contributed by atoms with Crippen LogP contribution in [0.25, 0.3) is 0 Å². The van der Waals surface area contributed by atoms with Gasteiger partial charge in [0.25, 0.3) is 0 Å². The van der Waals surface area contributed by atoms with Gasteiger partial charge in [0.1, 0.15) is 0 Å². The van der Waals surface area contributed by atoms with Crippen LogP contribution in [0.4, 0.5) is 5.69 Å². The van der Waals surface area contributed by atoms with Crippen LogP contribution >= 0.6 is 0 Å². The molecule has 0 spiro atoms. The summed E-state index contributed by atoms with van der Waals surface area (Å²) in [7, 11) is 0. The van der Waals surface area contributed by atoms with Crippen molar-refractivity contribution >= 4 is 17.5 Å². The molecule has 0 unspecified atom stereocenters. The van der Waals surface area contributed by atoms with Crippen molar-refractivity contribution in [2.24, 2.45) is 5.73 Å². The molecule has 0 saturated carbocycles. The van der Waals surface area contributed by atoms with Crippen molar-refractivity contribution in [2.75, 3.05) is 18.4 Å². The van der Waals surface area contributed by atoms with E-state index in [4.69, 9.17) is 5.73 Å². The van der Waals surface area contributed by atoms with Gasteiger partial charge in [-0.25, -0.2) is 0 Å². The van der Waals surface area contributed by atoms with Gasteiger partial charge in [0.05, 0.1) is 0 Å². The number of likely N-dealkylation sites (tertiary alicyclic amines) is 1. The highest BCUT2D eigenvalue weighted by atomic mass is 16.1. The fraction of sp³-hybridized carbons (Fsp3) is 0.529. The summed E-state index contributed by atoms with van der Waals surface area (Å²) in [6.07, 6.45) is 4.70. The standard InChI is InChI=1S/C17H25N3O2/c18-16(21)5-1-2-6-17(22)19-15-9-7-14(8-10-15)13-20-11-3-4-12-20/h7-10H,1-6,11-13H2,(H2,18,21)(H,19,22). The lowest BCUT2D eigenvalue weighted by atomic mass is 10.1. The number of carbonyl (C=O) groups is 2. The smallest absolute Gasteiger partial charge is 0.224 e. The highest BCUT2D eigenvalue weighted by Gasteiger charge is 2.11. The highest BCUT2D eigenvalue weighted by Crippen LogP contribution is 2.15. The third-order valence-electron chi connectivity index (χ3n) is 3.92. The van der Waals surface area contributed by atoms with E-state index in [-0.39, 0.29) is 11.8 Å². The number of rotatable bonds is 8. The number of anilines is 1. The predicted octanol–water partition coefficient (Wildman–Crippen LogP) is 2.27. The largest absolute Gasteiger partial charge is 0.370 e. The molecule has 0 bridgehead atoms. The number of amides is 2. The van der Waals surface area contributed by atoms with E-state index >= 15 is 0 Å². The SMILES string of the molecule is NC(=O)CCCCC(=O)Nc1ccc(CN2CCCC2)cc1. The summed E-state index contributed by atoms with van der Waals surface area (Å²) < 4.78 is 0. The Kier molecular flexibility index (Phi) is 6.40. The third kappa shape index (κ3) is 5.85.